The third-order valence-corrected chi connectivity index (χ3v) is 7.12. The fraction of sp³-hybridized carbons (Fsp3) is 0.474. The Balaban J connectivity index is 1.59. The van der Waals surface area contributed by atoms with Crippen molar-refractivity contribution in [2.75, 3.05) is 74.9 Å². The zero-order chi connectivity index (χ0) is 22.5. The number of anilines is 3. The Hall–Kier alpha value is -2.22. The number of aromatic nitrogens is 3. The second-order valence-corrected chi connectivity index (χ2v) is 8.56. The van der Waals surface area contributed by atoms with Crippen molar-refractivity contribution in [2.24, 2.45) is 5.10 Å². The van der Waals surface area contributed by atoms with Gasteiger partial charge in [-0.1, -0.05) is 0 Å². The van der Waals surface area contributed by atoms with Gasteiger partial charge in [0.2, 0.25) is 17.8 Å². The van der Waals surface area contributed by atoms with E-state index >= 15 is 0 Å². The Morgan fingerprint density at radius 1 is 1.00 bits per heavy atom. The number of methoxy groups -OCH3 is 1. The molecule has 2 saturated heterocycles. The van der Waals surface area contributed by atoms with Gasteiger partial charge >= 0.3 is 0 Å². The highest BCUT2D eigenvalue weighted by atomic mass is 79.9. The van der Waals surface area contributed by atoms with Crippen LogP contribution in [0, 0.1) is 0 Å². The first-order chi connectivity index (χ1) is 15.6. The van der Waals surface area contributed by atoms with Crippen molar-refractivity contribution >= 4 is 55.9 Å². The zero-order valence-electron chi connectivity index (χ0n) is 17.4. The van der Waals surface area contributed by atoms with Crippen molar-refractivity contribution in [3.8, 4) is 11.5 Å². The number of phenolic OH excluding ortho intramolecular Hbond substituents is 1. The molecule has 2 fully saturated rings. The van der Waals surface area contributed by atoms with E-state index in [0.29, 0.717) is 90.7 Å². The molecule has 1 aromatic heterocycles. The minimum absolute atomic E-state index is 0.00672. The SMILES string of the molecule is COc1cc(/C=N\Nc2nc(N3CCOCC3)nc(N3CCOCC3)n2)c(Br)c(Br)c1O. The summed E-state index contributed by atoms with van der Waals surface area (Å²) < 4.78 is 17.2. The molecule has 2 aliphatic rings. The summed E-state index contributed by atoms with van der Waals surface area (Å²) in [7, 11) is 1.49. The maximum atomic E-state index is 10.1. The van der Waals surface area contributed by atoms with Gasteiger partial charge in [0.25, 0.3) is 0 Å². The Morgan fingerprint density at radius 2 is 1.56 bits per heavy atom. The van der Waals surface area contributed by atoms with Gasteiger partial charge in [-0.25, -0.2) is 5.43 Å². The van der Waals surface area contributed by atoms with E-state index < -0.39 is 0 Å². The predicted molar refractivity (Wildman–Crippen MR) is 127 cm³/mol. The van der Waals surface area contributed by atoms with Crippen molar-refractivity contribution in [3.63, 3.8) is 0 Å². The fourth-order valence-electron chi connectivity index (χ4n) is 3.23. The van der Waals surface area contributed by atoms with Gasteiger partial charge in [0.15, 0.2) is 11.5 Å². The molecular formula is C19H23Br2N7O4. The van der Waals surface area contributed by atoms with Crippen LogP contribution >= 0.6 is 31.9 Å². The molecule has 4 rings (SSSR count). The van der Waals surface area contributed by atoms with Gasteiger partial charge in [-0.2, -0.15) is 20.1 Å². The summed E-state index contributed by atoms with van der Waals surface area (Å²) in [6.45, 7) is 5.37. The summed E-state index contributed by atoms with van der Waals surface area (Å²) in [5.74, 6) is 1.83. The normalized spacial score (nSPS) is 17.1. The smallest absolute Gasteiger partial charge is 0.250 e. The van der Waals surface area contributed by atoms with Crippen LogP contribution in [-0.2, 0) is 9.47 Å². The highest BCUT2D eigenvalue weighted by molar-refractivity contribution is 9.13. The summed E-state index contributed by atoms with van der Waals surface area (Å²) in [5, 5.41) is 14.4. The van der Waals surface area contributed by atoms with Crippen LogP contribution in [-0.4, -0.2) is 86.0 Å². The molecule has 0 amide bonds. The summed E-state index contributed by atoms with van der Waals surface area (Å²) in [6.07, 6.45) is 1.59. The predicted octanol–water partition coefficient (Wildman–Crippen LogP) is 2.23. The van der Waals surface area contributed by atoms with Gasteiger partial charge < -0.3 is 29.1 Å². The third-order valence-electron chi connectivity index (χ3n) is 4.96. The second-order valence-electron chi connectivity index (χ2n) is 6.97. The molecule has 3 heterocycles. The van der Waals surface area contributed by atoms with E-state index in [4.69, 9.17) is 14.2 Å². The van der Waals surface area contributed by atoms with Crippen LogP contribution in [0.5, 0.6) is 11.5 Å². The lowest BCUT2D eigenvalue weighted by atomic mass is 10.2. The lowest BCUT2D eigenvalue weighted by Gasteiger charge is -2.30. The van der Waals surface area contributed by atoms with Crippen molar-refractivity contribution in [1.82, 2.24) is 15.0 Å². The first-order valence-corrected chi connectivity index (χ1v) is 11.6. The quantitative estimate of drug-likeness (QED) is 0.394. The maximum Gasteiger partial charge on any atom is 0.250 e. The third kappa shape index (κ3) is 5.22. The fourth-order valence-corrected chi connectivity index (χ4v) is 4.06. The highest BCUT2D eigenvalue weighted by Gasteiger charge is 2.20. The van der Waals surface area contributed by atoms with E-state index in [1.54, 1.807) is 12.3 Å². The van der Waals surface area contributed by atoms with E-state index in [0.717, 1.165) is 0 Å². The molecule has 0 unspecified atom stereocenters. The van der Waals surface area contributed by atoms with E-state index in [9.17, 15) is 5.11 Å². The average Bonchev–Trinajstić information content (AvgIpc) is 2.85. The number of hydrogen-bond donors (Lipinski definition) is 2. The lowest BCUT2D eigenvalue weighted by molar-refractivity contribution is 0.121. The number of halogens is 2. The van der Waals surface area contributed by atoms with Crippen LogP contribution in [0.1, 0.15) is 5.56 Å². The van der Waals surface area contributed by atoms with Gasteiger partial charge in [-0.15, -0.1) is 0 Å². The van der Waals surface area contributed by atoms with Gasteiger partial charge in [-0.05, 0) is 37.9 Å². The summed E-state index contributed by atoms with van der Waals surface area (Å²) in [4.78, 5) is 17.9. The number of hydrogen-bond acceptors (Lipinski definition) is 11. The molecule has 172 valence electrons. The molecule has 32 heavy (non-hydrogen) atoms. The lowest BCUT2D eigenvalue weighted by Crippen LogP contribution is -2.40. The van der Waals surface area contributed by atoms with Gasteiger partial charge in [-0.3, -0.25) is 0 Å². The molecule has 1 aromatic carbocycles. The van der Waals surface area contributed by atoms with Crippen LogP contribution < -0.4 is 20.0 Å². The highest BCUT2D eigenvalue weighted by Crippen LogP contribution is 2.41. The zero-order valence-corrected chi connectivity index (χ0v) is 20.6. The van der Waals surface area contributed by atoms with Gasteiger partial charge in [0, 0.05) is 36.2 Å². The molecule has 13 heteroatoms. The topological polar surface area (TPSA) is 117 Å². The molecule has 0 aliphatic carbocycles. The largest absolute Gasteiger partial charge is 0.503 e. The summed E-state index contributed by atoms with van der Waals surface area (Å²) >= 11 is 6.79. The number of morpholine rings is 2. The molecule has 11 nitrogen and oxygen atoms in total. The molecule has 0 spiro atoms. The number of rotatable bonds is 6. The van der Waals surface area contributed by atoms with Crippen LogP contribution in [0.3, 0.4) is 0 Å². The number of nitrogens with zero attached hydrogens (tertiary/aromatic N) is 6. The first kappa shape index (κ1) is 23.0. The minimum Gasteiger partial charge on any atom is -0.503 e. The van der Waals surface area contributed by atoms with E-state index in [1.165, 1.54) is 7.11 Å². The molecular weight excluding hydrogens is 550 g/mol. The van der Waals surface area contributed by atoms with Crippen molar-refractivity contribution in [3.05, 3.63) is 20.6 Å². The Kier molecular flexibility index (Phi) is 7.60. The summed E-state index contributed by atoms with van der Waals surface area (Å²) in [6, 6.07) is 1.67. The molecule has 0 radical (unpaired) electrons. The second kappa shape index (κ2) is 10.6. The Bertz CT molecular complexity index is 946. The van der Waals surface area contributed by atoms with Crippen LogP contribution in [0.2, 0.25) is 0 Å². The van der Waals surface area contributed by atoms with Crippen LogP contribution in [0.4, 0.5) is 17.8 Å². The number of nitrogens with one attached hydrogen (secondary N) is 1. The average molecular weight is 573 g/mol. The number of phenols is 1. The Morgan fingerprint density at radius 3 is 2.09 bits per heavy atom. The Labute approximate surface area is 202 Å². The van der Waals surface area contributed by atoms with E-state index in [2.05, 4.69) is 67.1 Å². The number of ether oxygens (including phenoxy) is 3. The molecule has 0 saturated carbocycles. The first-order valence-electron chi connectivity index (χ1n) is 10.0. The number of benzene rings is 1. The maximum absolute atomic E-state index is 10.1. The van der Waals surface area contributed by atoms with Crippen molar-refractivity contribution in [1.29, 1.82) is 0 Å². The van der Waals surface area contributed by atoms with Gasteiger partial charge in [0.05, 0.1) is 44.2 Å². The minimum atomic E-state index is 0.00672. The number of aromatic hydroxyl groups is 1. The van der Waals surface area contributed by atoms with E-state index in [1.807, 2.05) is 0 Å². The van der Waals surface area contributed by atoms with Crippen LogP contribution in [0.15, 0.2) is 20.1 Å². The van der Waals surface area contributed by atoms with Gasteiger partial charge in [0.1, 0.15) is 0 Å². The standard InChI is InChI=1S/C19H23Br2N7O4/c1-30-13-10-12(14(20)15(21)16(13)29)11-22-26-17-23-18(27-2-6-31-7-3-27)25-19(24-17)28-4-8-32-9-5-28/h10-11,29H,2-9H2,1H3,(H,23,24,25,26)/b22-11-. The molecule has 0 bridgehead atoms. The molecule has 2 aromatic rings. The van der Waals surface area contributed by atoms with Crippen molar-refractivity contribution in [2.45, 2.75) is 0 Å². The van der Waals surface area contributed by atoms with Crippen LogP contribution in [0.25, 0.3) is 0 Å². The van der Waals surface area contributed by atoms with Crippen molar-refractivity contribution < 1.29 is 19.3 Å². The molecule has 2 aliphatic heterocycles. The molecule has 0 atom stereocenters. The van der Waals surface area contributed by atoms with E-state index in [-0.39, 0.29) is 5.75 Å². The number of hydrazone groups is 1. The molecule has 2 N–H and O–H groups in total. The monoisotopic (exact) mass is 571 g/mol. The summed E-state index contributed by atoms with van der Waals surface area (Å²) in [5.41, 5.74) is 3.59.